The number of carbonyl (C=O) groups is 1. The molecule has 1 aromatic carbocycles. The summed E-state index contributed by atoms with van der Waals surface area (Å²) < 4.78 is 5.09. The van der Waals surface area contributed by atoms with Crippen LogP contribution in [0.5, 0.6) is 0 Å². The van der Waals surface area contributed by atoms with Gasteiger partial charge in [-0.1, -0.05) is 12.1 Å². The molecule has 0 aliphatic heterocycles. The summed E-state index contributed by atoms with van der Waals surface area (Å²) in [5.74, 6) is 0.809. The quantitative estimate of drug-likeness (QED) is 0.491. The topological polar surface area (TPSA) is 82.8 Å². The second kappa shape index (κ2) is 9.18. The molecule has 0 aliphatic rings. The standard InChI is InChI=1S/C20H23N5O2S/c1-14-23-17(13-28-14)12-25(3)20(21-2)22-11-15-6-8-16(9-7-15)24-19(26)18-5-4-10-27-18/h4-10,13H,11-12H2,1-3H3,(H,21,22)(H,24,26). The van der Waals surface area contributed by atoms with E-state index in [-0.39, 0.29) is 11.7 Å². The minimum absolute atomic E-state index is 0.268. The van der Waals surface area contributed by atoms with E-state index in [1.807, 2.05) is 43.1 Å². The van der Waals surface area contributed by atoms with E-state index in [0.29, 0.717) is 18.8 Å². The van der Waals surface area contributed by atoms with Crippen molar-refractivity contribution < 1.29 is 9.21 Å². The Hall–Kier alpha value is -3.13. The van der Waals surface area contributed by atoms with Gasteiger partial charge in [0.05, 0.1) is 23.5 Å². The van der Waals surface area contributed by atoms with Crippen LogP contribution in [0.1, 0.15) is 26.8 Å². The van der Waals surface area contributed by atoms with Crippen molar-refractivity contribution in [1.82, 2.24) is 15.2 Å². The maximum atomic E-state index is 12.0. The predicted molar refractivity (Wildman–Crippen MR) is 112 cm³/mol. The molecule has 3 rings (SSSR count). The molecule has 0 fully saturated rings. The Labute approximate surface area is 168 Å². The molecule has 0 atom stereocenters. The Bertz CT molecular complexity index is 932. The number of hydrogen-bond acceptors (Lipinski definition) is 5. The third kappa shape index (κ3) is 5.20. The van der Waals surface area contributed by atoms with Crippen LogP contribution in [0.25, 0.3) is 0 Å². The van der Waals surface area contributed by atoms with Crippen molar-refractivity contribution in [3.8, 4) is 0 Å². The molecule has 8 heteroatoms. The smallest absolute Gasteiger partial charge is 0.291 e. The number of rotatable bonds is 6. The Morgan fingerprint density at radius 1 is 1.29 bits per heavy atom. The average molecular weight is 398 g/mol. The largest absolute Gasteiger partial charge is 0.459 e. The summed E-state index contributed by atoms with van der Waals surface area (Å²) in [6, 6.07) is 11.0. The van der Waals surface area contributed by atoms with Crippen LogP contribution < -0.4 is 10.6 Å². The lowest BCUT2D eigenvalue weighted by Gasteiger charge is -2.21. The lowest BCUT2D eigenvalue weighted by Crippen LogP contribution is -2.38. The van der Waals surface area contributed by atoms with Gasteiger partial charge in [-0.05, 0) is 36.8 Å². The fourth-order valence-electron chi connectivity index (χ4n) is 2.67. The summed E-state index contributed by atoms with van der Waals surface area (Å²) in [6.45, 7) is 3.32. The average Bonchev–Trinajstić information content (AvgIpc) is 3.35. The second-order valence-electron chi connectivity index (χ2n) is 6.24. The van der Waals surface area contributed by atoms with Crippen molar-refractivity contribution >= 4 is 28.9 Å². The van der Waals surface area contributed by atoms with Crippen LogP contribution in [-0.4, -0.2) is 35.8 Å². The van der Waals surface area contributed by atoms with Gasteiger partial charge < -0.3 is 20.0 Å². The first-order valence-corrected chi connectivity index (χ1v) is 9.69. The van der Waals surface area contributed by atoms with Crippen LogP contribution in [-0.2, 0) is 13.1 Å². The number of guanidine groups is 1. The van der Waals surface area contributed by atoms with E-state index < -0.39 is 0 Å². The van der Waals surface area contributed by atoms with Gasteiger partial charge in [0, 0.05) is 31.7 Å². The number of carbonyl (C=O) groups excluding carboxylic acids is 1. The summed E-state index contributed by atoms with van der Waals surface area (Å²) in [7, 11) is 3.75. The Morgan fingerprint density at radius 2 is 2.07 bits per heavy atom. The van der Waals surface area contributed by atoms with Gasteiger partial charge in [0.1, 0.15) is 0 Å². The first-order chi connectivity index (χ1) is 13.5. The first kappa shape index (κ1) is 19.6. The molecule has 7 nitrogen and oxygen atoms in total. The molecule has 0 bridgehead atoms. The Kier molecular flexibility index (Phi) is 6.44. The van der Waals surface area contributed by atoms with E-state index in [2.05, 4.69) is 26.0 Å². The molecule has 0 unspecified atom stereocenters. The number of thiazole rings is 1. The second-order valence-corrected chi connectivity index (χ2v) is 7.31. The summed E-state index contributed by atoms with van der Waals surface area (Å²) in [5.41, 5.74) is 2.82. The minimum atomic E-state index is -0.268. The van der Waals surface area contributed by atoms with Crippen LogP contribution in [0.2, 0.25) is 0 Å². The van der Waals surface area contributed by atoms with Gasteiger partial charge >= 0.3 is 0 Å². The lowest BCUT2D eigenvalue weighted by atomic mass is 10.2. The number of aryl methyl sites for hydroxylation is 1. The van der Waals surface area contributed by atoms with Gasteiger partial charge in [0.25, 0.3) is 5.91 Å². The molecule has 0 radical (unpaired) electrons. The molecule has 2 N–H and O–H groups in total. The zero-order chi connectivity index (χ0) is 19.9. The van der Waals surface area contributed by atoms with Gasteiger partial charge in [0.15, 0.2) is 11.7 Å². The van der Waals surface area contributed by atoms with Crippen molar-refractivity contribution in [2.75, 3.05) is 19.4 Å². The first-order valence-electron chi connectivity index (χ1n) is 8.81. The van der Waals surface area contributed by atoms with Crippen molar-refractivity contribution in [2.45, 2.75) is 20.0 Å². The highest BCUT2D eigenvalue weighted by Crippen LogP contribution is 2.13. The van der Waals surface area contributed by atoms with Gasteiger partial charge in [-0.25, -0.2) is 4.98 Å². The number of amides is 1. The molecule has 2 heterocycles. The van der Waals surface area contributed by atoms with Crippen LogP contribution in [0.4, 0.5) is 5.69 Å². The molecule has 1 amide bonds. The third-order valence-corrected chi connectivity index (χ3v) is 4.87. The number of aliphatic imine (C=N–C) groups is 1. The van der Waals surface area contributed by atoms with E-state index >= 15 is 0 Å². The summed E-state index contributed by atoms with van der Waals surface area (Å²) in [5, 5.41) is 9.27. The van der Waals surface area contributed by atoms with Crippen molar-refractivity contribution in [1.29, 1.82) is 0 Å². The zero-order valence-electron chi connectivity index (χ0n) is 16.1. The van der Waals surface area contributed by atoms with E-state index in [1.165, 1.54) is 6.26 Å². The number of hydrogen-bond donors (Lipinski definition) is 2. The molecule has 146 valence electrons. The fourth-order valence-corrected chi connectivity index (χ4v) is 3.27. The van der Waals surface area contributed by atoms with Gasteiger partial charge in [-0.15, -0.1) is 11.3 Å². The summed E-state index contributed by atoms with van der Waals surface area (Å²) in [6.07, 6.45) is 1.48. The van der Waals surface area contributed by atoms with Crippen molar-refractivity contribution in [3.63, 3.8) is 0 Å². The number of benzene rings is 1. The van der Waals surface area contributed by atoms with Crippen molar-refractivity contribution in [3.05, 3.63) is 70.1 Å². The van der Waals surface area contributed by atoms with Crippen LogP contribution in [0, 0.1) is 6.92 Å². The highest BCUT2D eigenvalue weighted by Gasteiger charge is 2.10. The lowest BCUT2D eigenvalue weighted by molar-refractivity contribution is 0.0996. The van der Waals surface area contributed by atoms with Gasteiger partial charge in [-0.3, -0.25) is 9.79 Å². The monoisotopic (exact) mass is 397 g/mol. The van der Waals surface area contributed by atoms with E-state index in [1.54, 1.807) is 30.5 Å². The zero-order valence-corrected chi connectivity index (χ0v) is 16.9. The molecule has 0 saturated heterocycles. The highest BCUT2D eigenvalue weighted by molar-refractivity contribution is 7.09. The number of nitrogens with zero attached hydrogens (tertiary/aromatic N) is 3. The molecule has 0 spiro atoms. The van der Waals surface area contributed by atoms with E-state index in [4.69, 9.17) is 4.42 Å². The molecule has 28 heavy (non-hydrogen) atoms. The van der Waals surface area contributed by atoms with Crippen LogP contribution in [0.3, 0.4) is 0 Å². The van der Waals surface area contributed by atoms with Gasteiger partial charge in [0.2, 0.25) is 0 Å². The maximum Gasteiger partial charge on any atom is 0.291 e. The van der Waals surface area contributed by atoms with Gasteiger partial charge in [-0.2, -0.15) is 0 Å². The fraction of sp³-hybridized carbons (Fsp3) is 0.250. The number of aromatic nitrogens is 1. The van der Waals surface area contributed by atoms with Crippen LogP contribution in [0.15, 0.2) is 57.5 Å². The van der Waals surface area contributed by atoms with E-state index in [9.17, 15) is 4.79 Å². The molecular formula is C20H23N5O2S. The Balaban J connectivity index is 1.52. The third-order valence-electron chi connectivity index (χ3n) is 4.05. The predicted octanol–water partition coefficient (Wildman–Crippen LogP) is 3.50. The van der Waals surface area contributed by atoms with E-state index in [0.717, 1.165) is 22.2 Å². The molecule has 2 aromatic heterocycles. The molecular weight excluding hydrogens is 374 g/mol. The Morgan fingerprint density at radius 3 is 2.68 bits per heavy atom. The number of anilines is 1. The SMILES string of the molecule is CN=C(NCc1ccc(NC(=O)c2ccco2)cc1)N(C)Cc1csc(C)n1. The molecule has 0 saturated carbocycles. The maximum absolute atomic E-state index is 12.0. The molecule has 0 aliphatic carbocycles. The molecule has 3 aromatic rings. The summed E-state index contributed by atoms with van der Waals surface area (Å²) >= 11 is 1.65. The summed E-state index contributed by atoms with van der Waals surface area (Å²) in [4.78, 5) is 22.9. The minimum Gasteiger partial charge on any atom is -0.459 e. The van der Waals surface area contributed by atoms with Crippen LogP contribution >= 0.6 is 11.3 Å². The highest BCUT2D eigenvalue weighted by atomic mass is 32.1. The normalized spacial score (nSPS) is 11.3. The van der Waals surface area contributed by atoms with Crippen molar-refractivity contribution in [2.24, 2.45) is 4.99 Å². The number of furan rings is 1. The number of nitrogens with one attached hydrogen (secondary N) is 2.